The number of Topliss-reactive ketones (excluding diaryl/α,β-unsaturated/α-hetero) is 1. The Balaban J connectivity index is 0.000000569. The van der Waals surface area contributed by atoms with Crippen molar-refractivity contribution in [3.05, 3.63) is 28.4 Å². The van der Waals surface area contributed by atoms with Crippen LogP contribution >= 0.6 is 11.9 Å². The normalized spacial score (nSPS) is 9.56. The maximum Gasteiger partial charge on any atom is 0.374 e. The van der Waals surface area contributed by atoms with Crippen LogP contribution < -0.4 is 16.2 Å². The zero-order valence-corrected chi connectivity index (χ0v) is 15.7. The number of carbonyl (C=O) groups excluding carboxylic acids is 3. The molecule has 1 aromatic rings. The van der Waals surface area contributed by atoms with Crippen molar-refractivity contribution in [3.63, 3.8) is 0 Å². The predicted molar refractivity (Wildman–Crippen MR) is 100 cm³/mol. The van der Waals surface area contributed by atoms with Crippen LogP contribution in [-0.4, -0.2) is 47.0 Å². The minimum Gasteiger partial charge on any atom is -0.463 e. The van der Waals surface area contributed by atoms with Crippen molar-refractivity contribution in [3.8, 4) is 0 Å². The highest BCUT2D eigenvalue weighted by molar-refractivity contribution is 7.97. The van der Waals surface area contributed by atoms with E-state index >= 15 is 0 Å². The van der Waals surface area contributed by atoms with Crippen LogP contribution in [0.5, 0.6) is 0 Å². The van der Waals surface area contributed by atoms with Gasteiger partial charge in [-0.05, 0) is 18.9 Å². The highest BCUT2D eigenvalue weighted by Gasteiger charge is 2.13. The average molecular weight is 401 g/mol. The number of aromatic nitrogens is 1. The highest BCUT2D eigenvalue weighted by Crippen LogP contribution is 2.08. The molecule has 1 aromatic heterocycles. The number of amides is 1. The molecule has 0 aliphatic heterocycles. The summed E-state index contributed by atoms with van der Waals surface area (Å²) in [6.07, 6.45) is 2.56. The number of ketones is 1. The van der Waals surface area contributed by atoms with Gasteiger partial charge in [0.15, 0.2) is 0 Å². The summed E-state index contributed by atoms with van der Waals surface area (Å²) < 4.78 is 4.26. The van der Waals surface area contributed by atoms with Crippen LogP contribution in [0.25, 0.3) is 0 Å². The number of nitro groups is 1. The molecule has 12 heteroatoms. The number of rotatable bonds is 10. The molecule has 0 aliphatic carbocycles. The van der Waals surface area contributed by atoms with Gasteiger partial charge in [0.2, 0.25) is 11.7 Å². The van der Waals surface area contributed by atoms with Crippen LogP contribution in [0.3, 0.4) is 0 Å². The van der Waals surface area contributed by atoms with Gasteiger partial charge in [-0.2, -0.15) is 0 Å². The van der Waals surface area contributed by atoms with Gasteiger partial charge in [-0.15, -0.1) is 0 Å². The monoisotopic (exact) mass is 401 g/mol. The molecule has 0 atom stereocenters. The molecule has 5 N–H and O–H groups in total. The van der Waals surface area contributed by atoms with Crippen molar-refractivity contribution >= 4 is 41.1 Å². The topological polar surface area (TPSA) is 181 Å². The van der Waals surface area contributed by atoms with Gasteiger partial charge in [-0.1, -0.05) is 11.9 Å². The molecule has 0 spiro atoms. The molecule has 27 heavy (non-hydrogen) atoms. The van der Waals surface area contributed by atoms with E-state index in [0.29, 0.717) is 13.0 Å². The summed E-state index contributed by atoms with van der Waals surface area (Å²) in [5, 5.41) is 18.0. The number of nitrogens with two attached hydrogens (primary N) is 2. The lowest BCUT2D eigenvalue weighted by molar-refractivity contribution is -0.385. The molecule has 150 valence electrons. The van der Waals surface area contributed by atoms with E-state index in [9.17, 15) is 24.5 Å². The van der Waals surface area contributed by atoms with Crippen molar-refractivity contribution in [2.24, 2.45) is 5.14 Å². The summed E-state index contributed by atoms with van der Waals surface area (Å²) in [4.78, 5) is 46.1. The third-order valence-electron chi connectivity index (χ3n) is 2.96. The Bertz CT molecular complexity index is 626. The summed E-state index contributed by atoms with van der Waals surface area (Å²) in [6, 6.07) is 2.69. The van der Waals surface area contributed by atoms with E-state index in [1.54, 1.807) is 0 Å². The molecule has 11 nitrogen and oxygen atoms in total. The third-order valence-corrected chi connectivity index (χ3v) is 3.49. The van der Waals surface area contributed by atoms with Crippen LogP contribution in [0.15, 0.2) is 18.3 Å². The zero-order chi connectivity index (χ0) is 20.7. The molecule has 0 radical (unpaired) electrons. The van der Waals surface area contributed by atoms with E-state index in [2.05, 4.69) is 15.0 Å². The summed E-state index contributed by atoms with van der Waals surface area (Å²) in [7, 11) is 1.16. The molecular weight excluding hydrogens is 378 g/mol. The Morgan fingerprint density at radius 3 is 2.52 bits per heavy atom. The lowest BCUT2D eigenvalue weighted by Crippen LogP contribution is -2.25. The standard InChI is InChI=1S/C10H18N2O4S.C5H5N3O2/c1-16-10(15)8(13)4-2-5-9(14)12-6-3-7-17-11;6-5-2-1-4(3-7-5)8(9)10/h2-7,11H2,1H3,(H,12,14);1-3H,(H2,6,7). The number of nitrogens with one attached hydrogen (secondary N) is 1. The fourth-order valence-electron chi connectivity index (χ4n) is 1.60. The fourth-order valence-corrected chi connectivity index (χ4v) is 1.91. The molecular formula is C15H23N5O6S. The first-order valence-corrected chi connectivity index (χ1v) is 8.92. The number of nitrogens with zero attached hydrogens (tertiary/aromatic N) is 2. The maximum atomic E-state index is 11.3. The summed E-state index contributed by atoms with van der Waals surface area (Å²) >= 11 is 1.23. The number of carbonyl (C=O) groups is 3. The number of ether oxygens (including phenoxy) is 1. The van der Waals surface area contributed by atoms with Crippen molar-refractivity contribution in [2.45, 2.75) is 25.7 Å². The van der Waals surface area contributed by atoms with Crippen LogP contribution in [0.1, 0.15) is 25.7 Å². The van der Waals surface area contributed by atoms with Crippen molar-refractivity contribution < 1.29 is 24.0 Å². The predicted octanol–water partition coefficient (Wildman–Crippen LogP) is 0.584. The van der Waals surface area contributed by atoms with E-state index in [1.807, 2.05) is 0 Å². The lowest BCUT2D eigenvalue weighted by atomic mass is 10.1. The lowest BCUT2D eigenvalue weighted by Gasteiger charge is -2.03. The second kappa shape index (κ2) is 14.4. The third kappa shape index (κ3) is 12.3. The Morgan fingerprint density at radius 1 is 1.30 bits per heavy atom. The van der Waals surface area contributed by atoms with Crippen LogP contribution in [0, 0.1) is 10.1 Å². The minimum absolute atomic E-state index is 0.0404. The van der Waals surface area contributed by atoms with Crippen molar-refractivity contribution in [1.29, 1.82) is 0 Å². The maximum absolute atomic E-state index is 11.3. The molecule has 0 saturated heterocycles. The largest absolute Gasteiger partial charge is 0.463 e. The average Bonchev–Trinajstić information content (AvgIpc) is 2.65. The summed E-state index contributed by atoms with van der Waals surface area (Å²) in [5.41, 5.74) is 5.15. The van der Waals surface area contributed by atoms with Gasteiger partial charge in [0.05, 0.1) is 12.0 Å². The smallest absolute Gasteiger partial charge is 0.374 e. The fraction of sp³-hybridized carbons (Fsp3) is 0.467. The van der Waals surface area contributed by atoms with Gasteiger partial charge >= 0.3 is 5.97 Å². The molecule has 0 fully saturated rings. The van der Waals surface area contributed by atoms with E-state index < -0.39 is 16.7 Å². The van der Waals surface area contributed by atoms with E-state index in [-0.39, 0.29) is 30.3 Å². The number of anilines is 1. The van der Waals surface area contributed by atoms with Crippen molar-refractivity contribution in [2.75, 3.05) is 25.1 Å². The van der Waals surface area contributed by atoms with Crippen LogP contribution in [0.2, 0.25) is 0 Å². The molecule has 1 heterocycles. The molecule has 0 saturated carbocycles. The molecule has 1 rings (SSSR count). The SMILES string of the molecule is COC(=O)C(=O)CCCC(=O)NCCCSN.Nc1ccc([N+](=O)[O-])cn1. The van der Waals surface area contributed by atoms with Gasteiger partial charge in [0.25, 0.3) is 5.69 Å². The molecule has 0 aromatic carbocycles. The Kier molecular flexibility index (Phi) is 13.0. The van der Waals surface area contributed by atoms with Gasteiger partial charge < -0.3 is 15.8 Å². The Labute approximate surface area is 160 Å². The number of hydrogen-bond acceptors (Lipinski definition) is 10. The van der Waals surface area contributed by atoms with Gasteiger partial charge in [0, 0.05) is 31.2 Å². The van der Waals surface area contributed by atoms with E-state index in [0.717, 1.165) is 25.5 Å². The number of pyridine rings is 1. The van der Waals surface area contributed by atoms with Gasteiger partial charge in [0.1, 0.15) is 12.0 Å². The quantitative estimate of drug-likeness (QED) is 0.125. The van der Waals surface area contributed by atoms with Crippen molar-refractivity contribution in [1.82, 2.24) is 10.3 Å². The molecule has 1 amide bonds. The van der Waals surface area contributed by atoms with Gasteiger partial charge in [-0.3, -0.25) is 24.8 Å². The number of esters is 1. The Morgan fingerprint density at radius 2 is 2.00 bits per heavy atom. The number of nitrogen functional groups attached to an aromatic ring is 1. The molecule has 0 unspecified atom stereocenters. The second-order valence-electron chi connectivity index (χ2n) is 5.04. The zero-order valence-electron chi connectivity index (χ0n) is 14.9. The summed E-state index contributed by atoms with van der Waals surface area (Å²) in [6.45, 7) is 0.577. The number of methoxy groups -OCH3 is 1. The summed E-state index contributed by atoms with van der Waals surface area (Å²) in [5.74, 6) is -0.498. The second-order valence-corrected chi connectivity index (χ2v) is 5.78. The highest BCUT2D eigenvalue weighted by atomic mass is 32.2. The number of hydrogen-bond donors (Lipinski definition) is 3. The first kappa shape index (κ1) is 24.3. The van der Waals surface area contributed by atoms with Gasteiger partial charge in [-0.25, -0.2) is 9.78 Å². The van der Waals surface area contributed by atoms with Crippen LogP contribution in [0.4, 0.5) is 11.5 Å². The van der Waals surface area contributed by atoms with Crippen LogP contribution in [-0.2, 0) is 19.1 Å². The Hall–Kier alpha value is -2.73. The minimum atomic E-state index is -0.856. The first-order valence-electron chi connectivity index (χ1n) is 7.87. The van der Waals surface area contributed by atoms with E-state index in [4.69, 9.17) is 10.9 Å². The first-order chi connectivity index (χ1) is 12.8. The van der Waals surface area contributed by atoms with E-state index in [1.165, 1.54) is 24.1 Å². The molecule has 0 bridgehead atoms. The molecule has 0 aliphatic rings.